The number of rotatable bonds is 6. The molecule has 0 spiro atoms. The van der Waals surface area contributed by atoms with Crippen LogP contribution in [0, 0.1) is 11.8 Å². The van der Waals surface area contributed by atoms with Crippen LogP contribution in [0.1, 0.15) is 58.3 Å². The molecule has 1 aliphatic rings. The summed E-state index contributed by atoms with van der Waals surface area (Å²) in [7, 11) is 0. The van der Waals surface area contributed by atoms with Crippen molar-refractivity contribution >= 4 is 15.9 Å². The quantitative estimate of drug-likeness (QED) is 0.829. The Hall–Kier alpha value is -0.350. The Morgan fingerprint density at radius 2 is 2.05 bits per heavy atom. The number of nitrogens with zero attached hydrogens (tertiary/aromatic N) is 2. The van der Waals surface area contributed by atoms with Gasteiger partial charge < -0.3 is 5.32 Å². The van der Waals surface area contributed by atoms with Crippen LogP contribution in [0.15, 0.2) is 4.47 Å². The summed E-state index contributed by atoms with van der Waals surface area (Å²) in [5.74, 6) is 1.59. The van der Waals surface area contributed by atoms with Gasteiger partial charge in [-0.15, -0.1) is 0 Å². The molecule has 1 heterocycles. The van der Waals surface area contributed by atoms with Crippen LogP contribution < -0.4 is 5.32 Å². The van der Waals surface area contributed by atoms with E-state index in [1.54, 1.807) is 0 Å². The van der Waals surface area contributed by atoms with E-state index in [0.717, 1.165) is 37.8 Å². The maximum absolute atomic E-state index is 4.75. The van der Waals surface area contributed by atoms with Gasteiger partial charge in [0.05, 0.1) is 15.9 Å². The molecule has 1 fully saturated rings. The summed E-state index contributed by atoms with van der Waals surface area (Å²) in [6, 6.07) is 0.670. The fraction of sp³-hybridized carbons (Fsp3) is 0.824. The second kappa shape index (κ2) is 7.77. The summed E-state index contributed by atoms with van der Waals surface area (Å²) < 4.78 is 3.45. The van der Waals surface area contributed by atoms with Crippen molar-refractivity contribution in [3.63, 3.8) is 0 Å². The summed E-state index contributed by atoms with van der Waals surface area (Å²) in [5.41, 5.74) is 2.60. The Morgan fingerprint density at radius 3 is 2.67 bits per heavy atom. The van der Waals surface area contributed by atoms with Crippen LogP contribution in [0.25, 0.3) is 0 Å². The molecule has 3 nitrogen and oxygen atoms in total. The Bertz CT molecular complexity index is 455. The first-order valence-electron chi connectivity index (χ1n) is 8.58. The highest BCUT2D eigenvalue weighted by atomic mass is 79.9. The summed E-state index contributed by atoms with van der Waals surface area (Å²) in [6.45, 7) is 11.0. The first kappa shape index (κ1) is 17.0. The molecular weight excluding hydrogens is 326 g/mol. The molecule has 1 N–H and O–H groups in total. The Balaban J connectivity index is 2.19. The topological polar surface area (TPSA) is 29.9 Å². The normalized spacial score (nSPS) is 26.2. The molecule has 0 bridgehead atoms. The van der Waals surface area contributed by atoms with Gasteiger partial charge in [-0.2, -0.15) is 5.10 Å². The minimum Gasteiger partial charge on any atom is -0.314 e. The van der Waals surface area contributed by atoms with Crippen molar-refractivity contribution in [1.29, 1.82) is 0 Å². The smallest absolute Gasteiger partial charge is 0.0766 e. The van der Waals surface area contributed by atoms with Crippen LogP contribution in [-0.2, 0) is 19.4 Å². The van der Waals surface area contributed by atoms with E-state index >= 15 is 0 Å². The van der Waals surface area contributed by atoms with Gasteiger partial charge in [0.2, 0.25) is 0 Å². The van der Waals surface area contributed by atoms with Gasteiger partial charge in [0.15, 0.2) is 0 Å². The largest absolute Gasteiger partial charge is 0.314 e. The van der Waals surface area contributed by atoms with Crippen molar-refractivity contribution in [3.8, 4) is 0 Å². The van der Waals surface area contributed by atoms with E-state index in [0.29, 0.717) is 6.04 Å². The molecule has 3 unspecified atom stereocenters. The second-order valence-corrected chi connectivity index (χ2v) is 7.22. The minimum atomic E-state index is 0.670. The fourth-order valence-corrected chi connectivity index (χ4v) is 4.44. The lowest BCUT2D eigenvalue weighted by atomic mass is 9.76. The molecule has 0 radical (unpaired) electrons. The van der Waals surface area contributed by atoms with Gasteiger partial charge in [-0.3, -0.25) is 4.68 Å². The van der Waals surface area contributed by atoms with Gasteiger partial charge in [0.25, 0.3) is 0 Å². The molecule has 0 saturated heterocycles. The summed E-state index contributed by atoms with van der Waals surface area (Å²) in [6.07, 6.45) is 6.16. The third-order valence-electron chi connectivity index (χ3n) is 4.86. The molecule has 21 heavy (non-hydrogen) atoms. The van der Waals surface area contributed by atoms with Crippen molar-refractivity contribution in [3.05, 3.63) is 15.9 Å². The summed E-state index contributed by atoms with van der Waals surface area (Å²) in [5, 5.41) is 8.46. The highest BCUT2D eigenvalue weighted by Gasteiger charge is 2.30. The van der Waals surface area contributed by atoms with Crippen LogP contribution in [-0.4, -0.2) is 22.4 Å². The Kier molecular flexibility index (Phi) is 6.30. The minimum absolute atomic E-state index is 0.670. The number of aryl methyl sites for hydroxylation is 2. The Morgan fingerprint density at radius 1 is 1.29 bits per heavy atom. The highest BCUT2D eigenvalue weighted by molar-refractivity contribution is 9.10. The number of aromatic nitrogens is 2. The lowest BCUT2D eigenvalue weighted by Gasteiger charge is -2.35. The van der Waals surface area contributed by atoms with Gasteiger partial charge in [0, 0.05) is 12.6 Å². The molecule has 0 aliphatic heterocycles. The van der Waals surface area contributed by atoms with Crippen LogP contribution in [0.3, 0.4) is 0 Å². The predicted molar refractivity (Wildman–Crippen MR) is 92.7 cm³/mol. The van der Waals surface area contributed by atoms with E-state index < -0.39 is 0 Å². The standard InChI is InChI=1S/C17H30BrN3/c1-5-14-17(18)16(21(7-3)20-14)11-13-10-12(4)8-9-15(13)19-6-2/h12-13,15,19H,5-11H2,1-4H3. The van der Waals surface area contributed by atoms with E-state index in [2.05, 4.69) is 53.6 Å². The van der Waals surface area contributed by atoms with E-state index in [1.165, 1.54) is 35.1 Å². The highest BCUT2D eigenvalue weighted by Crippen LogP contribution is 2.34. The van der Waals surface area contributed by atoms with Crippen LogP contribution in [0.2, 0.25) is 0 Å². The lowest BCUT2D eigenvalue weighted by Crippen LogP contribution is -2.41. The average molecular weight is 356 g/mol. The van der Waals surface area contributed by atoms with E-state index in [4.69, 9.17) is 5.10 Å². The third kappa shape index (κ3) is 3.89. The molecule has 1 aliphatic carbocycles. The molecule has 120 valence electrons. The molecule has 1 aromatic heterocycles. The molecule has 1 saturated carbocycles. The number of hydrogen-bond donors (Lipinski definition) is 1. The van der Waals surface area contributed by atoms with Gasteiger partial charge in [-0.25, -0.2) is 0 Å². The van der Waals surface area contributed by atoms with Crippen molar-refractivity contribution in [2.75, 3.05) is 6.54 Å². The van der Waals surface area contributed by atoms with Crippen molar-refractivity contribution in [2.45, 2.75) is 72.4 Å². The Labute approximate surface area is 138 Å². The van der Waals surface area contributed by atoms with Gasteiger partial charge >= 0.3 is 0 Å². The van der Waals surface area contributed by atoms with Crippen LogP contribution in [0.5, 0.6) is 0 Å². The monoisotopic (exact) mass is 355 g/mol. The predicted octanol–water partition coefficient (Wildman–Crippen LogP) is 4.18. The van der Waals surface area contributed by atoms with Gasteiger partial charge in [0.1, 0.15) is 0 Å². The molecule has 3 atom stereocenters. The number of nitrogens with one attached hydrogen (secondary N) is 1. The zero-order chi connectivity index (χ0) is 15.4. The maximum atomic E-state index is 4.75. The fourth-order valence-electron chi connectivity index (χ4n) is 3.72. The summed E-state index contributed by atoms with van der Waals surface area (Å²) >= 11 is 3.80. The zero-order valence-corrected chi connectivity index (χ0v) is 15.5. The third-order valence-corrected chi connectivity index (χ3v) is 5.78. The van der Waals surface area contributed by atoms with Crippen molar-refractivity contribution < 1.29 is 0 Å². The SMILES string of the molecule is CCNC1CCC(C)CC1Cc1c(Br)c(CC)nn1CC. The molecule has 4 heteroatoms. The average Bonchev–Trinajstić information content (AvgIpc) is 2.78. The molecule has 0 amide bonds. The van der Waals surface area contributed by atoms with Crippen molar-refractivity contribution in [1.82, 2.24) is 15.1 Å². The second-order valence-electron chi connectivity index (χ2n) is 6.42. The first-order valence-corrected chi connectivity index (χ1v) is 9.37. The van der Waals surface area contributed by atoms with E-state index in [1.807, 2.05) is 0 Å². The maximum Gasteiger partial charge on any atom is 0.0766 e. The summed E-state index contributed by atoms with van der Waals surface area (Å²) in [4.78, 5) is 0. The van der Waals surface area contributed by atoms with E-state index in [-0.39, 0.29) is 0 Å². The first-order chi connectivity index (χ1) is 10.1. The van der Waals surface area contributed by atoms with Crippen LogP contribution >= 0.6 is 15.9 Å². The number of halogens is 1. The van der Waals surface area contributed by atoms with Gasteiger partial charge in [-0.05, 0) is 73.3 Å². The molecule has 0 aromatic carbocycles. The molecule has 2 rings (SSSR count). The molecular formula is C17H30BrN3. The van der Waals surface area contributed by atoms with E-state index in [9.17, 15) is 0 Å². The number of hydrogen-bond acceptors (Lipinski definition) is 2. The zero-order valence-electron chi connectivity index (χ0n) is 14.0. The molecule has 1 aromatic rings. The van der Waals surface area contributed by atoms with Crippen LogP contribution in [0.4, 0.5) is 0 Å². The van der Waals surface area contributed by atoms with Crippen molar-refractivity contribution in [2.24, 2.45) is 11.8 Å². The van der Waals surface area contributed by atoms with Gasteiger partial charge in [-0.1, -0.05) is 20.8 Å². The lowest BCUT2D eigenvalue weighted by molar-refractivity contribution is 0.211.